The minimum Gasteiger partial charge on any atom is -0.481 e. The van der Waals surface area contributed by atoms with E-state index < -0.39 is 5.97 Å². The fourth-order valence-corrected chi connectivity index (χ4v) is 2.70. The zero-order chi connectivity index (χ0) is 13.4. The summed E-state index contributed by atoms with van der Waals surface area (Å²) in [5, 5.41) is 11.4. The third-order valence-electron chi connectivity index (χ3n) is 3.82. The maximum atomic E-state index is 11.9. The van der Waals surface area contributed by atoms with Crippen LogP contribution in [0.15, 0.2) is 0 Å². The van der Waals surface area contributed by atoms with Crippen LogP contribution in [0.4, 0.5) is 0 Å². The molecule has 18 heavy (non-hydrogen) atoms. The van der Waals surface area contributed by atoms with Crippen molar-refractivity contribution in [1.29, 1.82) is 0 Å². The first-order valence-corrected chi connectivity index (χ1v) is 7.13. The van der Waals surface area contributed by atoms with Gasteiger partial charge in [0, 0.05) is 18.9 Å². The van der Waals surface area contributed by atoms with Gasteiger partial charge in [-0.2, -0.15) is 0 Å². The first-order valence-electron chi connectivity index (χ1n) is 7.13. The molecule has 2 N–H and O–H groups in total. The average molecular weight is 255 g/mol. The van der Waals surface area contributed by atoms with E-state index in [1.54, 1.807) is 0 Å². The van der Waals surface area contributed by atoms with E-state index >= 15 is 0 Å². The van der Waals surface area contributed by atoms with Gasteiger partial charge in [-0.15, -0.1) is 0 Å². The lowest BCUT2D eigenvalue weighted by molar-refractivity contribution is -0.137. The van der Waals surface area contributed by atoms with Gasteiger partial charge < -0.3 is 10.4 Å². The quantitative estimate of drug-likeness (QED) is 0.655. The van der Waals surface area contributed by atoms with Crippen molar-refractivity contribution in [2.24, 2.45) is 11.8 Å². The van der Waals surface area contributed by atoms with E-state index in [0.29, 0.717) is 13.0 Å². The lowest BCUT2D eigenvalue weighted by atomic mass is 9.91. The molecule has 4 heteroatoms. The van der Waals surface area contributed by atoms with Gasteiger partial charge in [-0.25, -0.2) is 0 Å². The van der Waals surface area contributed by atoms with Crippen LogP contribution < -0.4 is 5.32 Å². The Balaban J connectivity index is 2.21. The van der Waals surface area contributed by atoms with Crippen molar-refractivity contribution in [3.8, 4) is 0 Å². The summed E-state index contributed by atoms with van der Waals surface area (Å²) in [6.07, 6.45) is 7.66. The van der Waals surface area contributed by atoms with Crippen molar-refractivity contribution in [3.05, 3.63) is 0 Å². The molecule has 0 radical (unpaired) electrons. The number of hydrogen-bond donors (Lipinski definition) is 2. The third kappa shape index (κ3) is 5.52. The molecular weight excluding hydrogens is 230 g/mol. The molecule has 1 aliphatic carbocycles. The molecule has 0 aromatic heterocycles. The van der Waals surface area contributed by atoms with Crippen molar-refractivity contribution in [2.45, 2.75) is 58.3 Å². The molecule has 0 aromatic rings. The number of carboxylic acids is 1. The maximum Gasteiger partial charge on any atom is 0.303 e. The van der Waals surface area contributed by atoms with Crippen LogP contribution in [-0.4, -0.2) is 23.5 Å². The predicted octanol–water partition coefficient (Wildman–Crippen LogP) is 2.57. The van der Waals surface area contributed by atoms with E-state index in [9.17, 15) is 9.59 Å². The normalized spacial score (nSPS) is 17.6. The summed E-state index contributed by atoms with van der Waals surface area (Å²) in [4.78, 5) is 22.3. The van der Waals surface area contributed by atoms with Crippen LogP contribution in [0.1, 0.15) is 58.3 Å². The van der Waals surface area contributed by atoms with Crippen molar-refractivity contribution >= 4 is 11.9 Å². The standard InChI is InChI=1S/C14H25NO3/c1-2-12(10-11-6-3-4-7-11)14(18)15-9-5-8-13(16)17/h11-12H,2-10H2,1H3,(H,15,18)(H,16,17). The summed E-state index contributed by atoms with van der Waals surface area (Å²) >= 11 is 0. The van der Waals surface area contributed by atoms with Crippen LogP contribution in [-0.2, 0) is 9.59 Å². The number of rotatable bonds is 8. The van der Waals surface area contributed by atoms with E-state index in [4.69, 9.17) is 5.11 Å². The van der Waals surface area contributed by atoms with E-state index in [1.165, 1.54) is 25.7 Å². The Morgan fingerprint density at radius 2 is 2.00 bits per heavy atom. The molecule has 0 aromatic carbocycles. The lowest BCUT2D eigenvalue weighted by Gasteiger charge is -2.18. The number of amides is 1. The van der Waals surface area contributed by atoms with Gasteiger partial charge in [-0.3, -0.25) is 9.59 Å². The van der Waals surface area contributed by atoms with Crippen molar-refractivity contribution in [2.75, 3.05) is 6.54 Å². The average Bonchev–Trinajstić information content (AvgIpc) is 2.84. The van der Waals surface area contributed by atoms with E-state index in [2.05, 4.69) is 12.2 Å². The predicted molar refractivity (Wildman–Crippen MR) is 70.2 cm³/mol. The van der Waals surface area contributed by atoms with E-state index in [0.717, 1.165) is 18.8 Å². The first-order chi connectivity index (χ1) is 8.63. The van der Waals surface area contributed by atoms with Crippen LogP contribution in [0.2, 0.25) is 0 Å². The minimum absolute atomic E-state index is 0.106. The van der Waals surface area contributed by atoms with Gasteiger partial charge in [0.2, 0.25) is 5.91 Å². The molecule has 1 amide bonds. The monoisotopic (exact) mass is 255 g/mol. The maximum absolute atomic E-state index is 11.9. The van der Waals surface area contributed by atoms with Crippen molar-refractivity contribution in [1.82, 2.24) is 5.32 Å². The number of aliphatic carboxylic acids is 1. The highest BCUT2D eigenvalue weighted by Crippen LogP contribution is 2.31. The molecule has 0 aliphatic heterocycles. The highest BCUT2D eigenvalue weighted by molar-refractivity contribution is 5.78. The first kappa shape index (κ1) is 15.0. The number of carboxylic acid groups (broad SMARTS) is 1. The van der Waals surface area contributed by atoms with E-state index in [1.807, 2.05) is 0 Å². The van der Waals surface area contributed by atoms with Crippen LogP contribution in [0.3, 0.4) is 0 Å². The van der Waals surface area contributed by atoms with Crippen LogP contribution >= 0.6 is 0 Å². The van der Waals surface area contributed by atoms with Gasteiger partial charge in [-0.05, 0) is 25.2 Å². The molecule has 0 bridgehead atoms. The largest absolute Gasteiger partial charge is 0.481 e. The summed E-state index contributed by atoms with van der Waals surface area (Å²) in [5.41, 5.74) is 0. The van der Waals surface area contributed by atoms with Crippen LogP contribution in [0, 0.1) is 11.8 Å². The Hall–Kier alpha value is -1.06. The van der Waals surface area contributed by atoms with Crippen molar-refractivity contribution < 1.29 is 14.7 Å². The summed E-state index contributed by atoms with van der Waals surface area (Å²) in [5.74, 6) is 0.134. The zero-order valence-corrected chi connectivity index (χ0v) is 11.3. The molecule has 0 saturated heterocycles. The Morgan fingerprint density at radius 1 is 1.33 bits per heavy atom. The molecule has 1 saturated carbocycles. The number of nitrogens with one attached hydrogen (secondary N) is 1. The number of hydrogen-bond acceptors (Lipinski definition) is 2. The summed E-state index contributed by atoms with van der Waals surface area (Å²) in [6.45, 7) is 2.53. The van der Waals surface area contributed by atoms with Crippen LogP contribution in [0.5, 0.6) is 0 Å². The molecule has 0 spiro atoms. The molecule has 1 atom stereocenters. The molecule has 1 unspecified atom stereocenters. The van der Waals surface area contributed by atoms with E-state index in [-0.39, 0.29) is 18.2 Å². The molecule has 4 nitrogen and oxygen atoms in total. The fourth-order valence-electron chi connectivity index (χ4n) is 2.70. The van der Waals surface area contributed by atoms with Gasteiger partial charge in [0.15, 0.2) is 0 Å². The van der Waals surface area contributed by atoms with Gasteiger partial charge in [0.25, 0.3) is 0 Å². The Bertz CT molecular complexity index is 272. The zero-order valence-electron chi connectivity index (χ0n) is 11.3. The smallest absolute Gasteiger partial charge is 0.303 e. The summed E-state index contributed by atoms with van der Waals surface area (Å²) < 4.78 is 0. The van der Waals surface area contributed by atoms with Gasteiger partial charge in [0.05, 0.1) is 0 Å². The minimum atomic E-state index is -0.803. The fraction of sp³-hybridized carbons (Fsp3) is 0.857. The van der Waals surface area contributed by atoms with Crippen molar-refractivity contribution in [3.63, 3.8) is 0 Å². The molecule has 1 aliphatic rings. The molecular formula is C14H25NO3. The van der Waals surface area contributed by atoms with Gasteiger partial charge >= 0.3 is 5.97 Å². The Labute approximate surface area is 109 Å². The second kappa shape index (κ2) is 8.11. The second-order valence-electron chi connectivity index (χ2n) is 5.28. The SMILES string of the molecule is CCC(CC1CCCC1)C(=O)NCCCC(=O)O. The summed E-state index contributed by atoms with van der Waals surface area (Å²) in [6, 6.07) is 0. The summed E-state index contributed by atoms with van der Waals surface area (Å²) in [7, 11) is 0. The second-order valence-corrected chi connectivity index (χ2v) is 5.28. The number of carbonyl (C=O) groups excluding carboxylic acids is 1. The Morgan fingerprint density at radius 3 is 2.56 bits per heavy atom. The molecule has 104 valence electrons. The number of carbonyl (C=O) groups is 2. The lowest BCUT2D eigenvalue weighted by Crippen LogP contribution is -2.32. The molecule has 1 fully saturated rings. The Kier molecular flexibility index (Phi) is 6.76. The third-order valence-corrected chi connectivity index (χ3v) is 3.82. The van der Waals surface area contributed by atoms with Crippen LogP contribution in [0.25, 0.3) is 0 Å². The highest BCUT2D eigenvalue weighted by atomic mass is 16.4. The highest BCUT2D eigenvalue weighted by Gasteiger charge is 2.23. The van der Waals surface area contributed by atoms with Gasteiger partial charge in [-0.1, -0.05) is 32.6 Å². The molecule has 1 rings (SSSR count). The molecule has 0 heterocycles. The topological polar surface area (TPSA) is 66.4 Å². The van der Waals surface area contributed by atoms with Gasteiger partial charge in [0.1, 0.15) is 0 Å².